The number of hydrogen-bond donors (Lipinski definition) is 3. The van der Waals surface area contributed by atoms with Crippen LogP contribution in [0.15, 0.2) is 29.4 Å². The SMILES string of the molecule is O=C1Nc2ccccc2[C@]1(O)[C@H]1CCCC/C1=N/O. The molecule has 2 atom stereocenters. The Hall–Kier alpha value is -1.88. The minimum Gasteiger partial charge on any atom is -0.411 e. The summed E-state index contributed by atoms with van der Waals surface area (Å²) in [6.45, 7) is 0. The Kier molecular flexibility index (Phi) is 2.78. The molecule has 1 aliphatic heterocycles. The monoisotopic (exact) mass is 260 g/mol. The van der Waals surface area contributed by atoms with Crippen molar-refractivity contribution >= 4 is 17.3 Å². The fourth-order valence-electron chi connectivity index (χ4n) is 3.18. The van der Waals surface area contributed by atoms with Gasteiger partial charge in [0.05, 0.1) is 5.71 Å². The number of nitrogens with zero attached hydrogens (tertiary/aromatic N) is 1. The van der Waals surface area contributed by atoms with Crippen molar-refractivity contribution in [2.45, 2.75) is 31.3 Å². The predicted octanol–water partition coefficient (Wildman–Crippen LogP) is 1.85. The molecule has 3 rings (SSSR count). The molecule has 2 aliphatic rings. The van der Waals surface area contributed by atoms with Crippen molar-refractivity contribution < 1.29 is 15.1 Å². The minimum atomic E-state index is -1.61. The van der Waals surface area contributed by atoms with Crippen LogP contribution >= 0.6 is 0 Å². The number of carbonyl (C=O) groups excluding carboxylic acids is 1. The number of rotatable bonds is 1. The van der Waals surface area contributed by atoms with Crippen LogP contribution in [0.1, 0.15) is 31.2 Å². The molecule has 1 heterocycles. The van der Waals surface area contributed by atoms with Crippen LogP contribution in [-0.4, -0.2) is 21.9 Å². The highest BCUT2D eigenvalue weighted by atomic mass is 16.4. The van der Waals surface area contributed by atoms with Crippen LogP contribution in [0.3, 0.4) is 0 Å². The number of nitrogens with one attached hydrogen (secondary N) is 1. The van der Waals surface area contributed by atoms with Gasteiger partial charge in [0.1, 0.15) is 0 Å². The first-order valence-electron chi connectivity index (χ1n) is 6.52. The summed E-state index contributed by atoms with van der Waals surface area (Å²) < 4.78 is 0. The Balaban J connectivity index is 2.09. The molecule has 1 aliphatic carbocycles. The van der Waals surface area contributed by atoms with E-state index in [4.69, 9.17) is 5.21 Å². The third-order valence-corrected chi connectivity index (χ3v) is 4.14. The number of benzene rings is 1. The van der Waals surface area contributed by atoms with Gasteiger partial charge in [0.2, 0.25) is 0 Å². The summed E-state index contributed by atoms with van der Waals surface area (Å²) in [6.07, 6.45) is 3.12. The third-order valence-electron chi connectivity index (χ3n) is 4.14. The quantitative estimate of drug-likeness (QED) is 0.532. The second-order valence-corrected chi connectivity index (χ2v) is 5.16. The lowest BCUT2D eigenvalue weighted by atomic mass is 9.73. The van der Waals surface area contributed by atoms with Crippen molar-refractivity contribution in [1.82, 2.24) is 0 Å². The number of carbonyl (C=O) groups is 1. The van der Waals surface area contributed by atoms with Gasteiger partial charge in [-0.15, -0.1) is 0 Å². The molecule has 0 aromatic heterocycles. The van der Waals surface area contributed by atoms with Crippen molar-refractivity contribution in [3.63, 3.8) is 0 Å². The lowest BCUT2D eigenvalue weighted by molar-refractivity contribution is -0.137. The normalized spacial score (nSPS) is 32.2. The maximum atomic E-state index is 12.2. The van der Waals surface area contributed by atoms with Crippen LogP contribution in [-0.2, 0) is 10.4 Å². The Labute approximate surface area is 110 Å². The van der Waals surface area contributed by atoms with Gasteiger partial charge in [-0.3, -0.25) is 4.79 Å². The molecule has 1 aromatic carbocycles. The number of para-hydroxylation sites is 1. The summed E-state index contributed by atoms with van der Waals surface area (Å²) >= 11 is 0. The average molecular weight is 260 g/mol. The van der Waals surface area contributed by atoms with Crippen LogP contribution in [0.5, 0.6) is 0 Å². The zero-order valence-electron chi connectivity index (χ0n) is 10.5. The van der Waals surface area contributed by atoms with Gasteiger partial charge in [-0.2, -0.15) is 0 Å². The number of anilines is 1. The fourth-order valence-corrected chi connectivity index (χ4v) is 3.18. The highest BCUT2D eigenvalue weighted by molar-refractivity contribution is 6.08. The third kappa shape index (κ3) is 1.65. The van der Waals surface area contributed by atoms with Gasteiger partial charge in [-0.05, 0) is 25.3 Å². The van der Waals surface area contributed by atoms with Gasteiger partial charge >= 0.3 is 0 Å². The zero-order valence-corrected chi connectivity index (χ0v) is 10.5. The molecule has 0 spiro atoms. The summed E-state index contributed by atoms with van der Waals surface area (Å²) in [5.74, 6) is -0.878. The molecule has 0 bridgehead atoms. The van der Waals surface area contributed by atoms with E-state index in [9.17, 15) is 9.90 Å². The second-order valence-electron chi connectivity index (χ2n) is 5.16. The van der Waals surface area contributed by atoms with Gasteiger partial charge in [0.15, 0.2) is 5.60 Å². The van der Waals surface area contributed by atoms with E-state index in [0.29, 0.717) is 29.8 Å². The summed E-state index contributed by atoms with van der Waals surface area (Å²) in [5, 5.41) is 26.1. The number of amides is 1. The van der Waals surface area contributed by atoms with Gasteiger partial charge < -0.3 is 15.6 Å². The number of hydrogen-bond acceptors (Lipinski definition) is 4. The topological polar surface area (TPSA) is 81.9 Å². The van der Waals surface area contributed by atoms with Crippen LogP contribution in [0, 0.1) is 5.92 Å². The summed E-state index contributed by atoms with van der Waals surface area (Å²) in [5.41, 5.74) is 0.116. The van der Waals surface area contributed by atoms with E-state index >= 15 is 0 Å². The molecule has 0 unspecified atom stereocenters. The molecule has 1 saturated carbocycles. The molecule has 1 fully saturated rings. The molecule has 100 valence electrons. The maximum absolute atomic E-state index is 12.2. The Morgan fingerprint density at radius 1 is 1.32 bits per heavy atom. The zero-order chi connectivity index (χ0) is 13.5. The summed E-state index contributed by atoms with van der Waals surface area (Å²) in [4.78, 5) is 12.2. The van der Waals surface area contributed by atoms with Crippen molar-refractivity contribution in [3.8, 4) is 0 Å². The molecule has 19 heavy (non-hydrogen) atoms. The molecule has 5 heteroatoms. The van der Waals surface area contributed by atoms with Crippen LogP contribution in [0.25, 0.3) is 0 Å². The number of oxime groups is 1. The van der Waals surface area contributed by atoms with Crippen molar-refractivity contribution in [2.24, 2.45) is 11.1 Å². The van der Waals surface area contributed by atoms with Gasteiger partial charge in [0, 0.05) is 17.2 Å². The first-order valence-corrected chi connectivity index (χ1v) is 6.52. The van der Waals surface area contributed by atoms with Crippen molar-refractivity contribution in [1.29, 1.82) is 0 Å². The average Bonchev–Trinajstić information content (AvgIpc) is 2.72. The Morgan fingerprint density at radius 3 is 2.89 bits per heavy atom. The highest BCUT2D eigenvalue weighted by Gasteiger charge is 2.53. The number of aliphatic hydroxyl groups is 1. The molecule has 1 amide bonds. The molecule has 0 saturated heterocycles. The van der Waals surface area contributed by atoms with Gasteiger partial charge in [0.25, 0.3) is 5.91 Å². The van der Waals surface area contributed by atoms with E-state index in [1.54, 1.807) is 18.2 Å². The summed E-state index contributed by atoms with van der Waals surface area (Å²) in [6, 6.07) is 7.12. The lowest BCUT2D eigenvalue weighted by Crippen LogP contribution is -2.46. The largest absolute Gasteiger partial charge is 0.411 e. The molecular weight excluding hydrogens is 244 g/mol. The van der Waals surface area contributed by atoms with Gasteiger partial charge in [-0.1, -0.05) is 29.8 Å². The van der Waals surface area contributed by atoms with E-state index in [0.717, 1.165) is 12.8 Å². The Bertz CT molecular complexity index is 555. The molecular formula is C14H16N2O3. The van der Waals surface area contributed by atoms with E-state index < -0.39 is 17.4 Å². The fraction of sp³-hybridized carbons (Fsp3) is 0.429. The molecule has 1 aromatic rings. The predicted molar refractivity (Wildman–Crippen MR) is 70.1 cm³/mol. The van der Waals surface area contributed by atoms with Gasteiger partial charge in [-0.25, -0.2) is 0 Å². The standard InChI is InChI=1S/C14H16N2O3/c17-13-14(18,9-5-1-3-7-11(9)15-13)10-6-2-4-8-12(10)16-19/h1,3,5,7,10,18-19H,2,4,6,8H2,(H,15,17)/b16-12-/t10-,14-/m0/s1. The first-order chi connectivity index (χ1) is 9.17. The van der Waals surface area contributed by atoms with Crippen LogP contribution in [0.2, 0.25) is 0 Å². The second kappa shape index (κ2) is 4.35. The van der Waals surface area contributed by atoms with Crippen molar-refractivity contribution in [2.75, 3.05) is 5.32 Å². The van der Waals surface area contributed by atoms with E-state index in [1.165, 1.54) is 0 Å². The van der Waals surface area contributed by atoms with Crippen LogP contribution in [0.4, 0.5) is 5.69 Å². The van der Waals surface area contributed by atoms with E-state index in [-0.39, 0.29) is 0 Å². The Morgan fingerprint density at radius 2 is 2.11 bits per heavy atom. The maximum Gasteiger partial charge on any atom is 0.261 e. The van der Waals surface area contributed by atoms with Crippen LogP contribution < -0.4 is 5.32 Å². The lowest BCUT2D eigenvalue weighted by Gasteiger charge is -2.34. The molecule has 0 radical (unpaired) electrons. The van der Waals surface area contributed by atoms with E-state index in [1.807, 2.05) is 6.07 Å². The summed E-state index contributed by atoms with van der Waals surface area (Å²) in [7, 11) is 0. The number of fused-ring (bicyclic) bond motifs is 1. The molecule has 3 N–H and O–H groups in total. The highest BCUT2D eigenvalue weighted by Crippen LogP contribution is 2.45. The minimum absolute atomic E-state index is 0.429. The molecule has 5 nitrogen and oxygen atoms in total. The first kappa shape index (κ1) is 12.2. The van der Waals surface area contributed by atoms with E-state index in [2.05, 4.69) is 10.5 Å². The van der Waals surface area contributed by atoms with Crippen molar-refractivity contribution in [3.05, 3.63) is 29.8 Å². The smallest absolute Gasteiger partial charge is 0.261 e.